The van der Waals surface area contributed by atoms with Crippen LogP contribution in [0.4, 0.5) is 0 Å². The van der Waals surface area contributed by atoms with Crippen LogP contribution in [-0.4, -0.2) is 4.98 Å². The van der Waals surface area contributed by atoms with Crippen LogP contribution in [0.5, 0.6) is 0 Å². The van der Waals surface area contributed by atoms with Gasteiger partial charge in [-0.15, -0.1) is 0 Å². The molecule has 3 aromatic carbocycles. The molecule has 0 aliphatic carbocycles. The maximum Gasteiger partial charge on any atom is 0.286 e. The average molecular weight is 351 g/mol. The quantitative estimate of drug-likeness (QED) is 0.396. The van der Waals surface area contributed by atoms with Crippen LogP contribution in [-0.2, 0) is 7.05 Å². The predicted octanol–water partition coefficient (Wildman–Crippen LogP) is 5.45. The van der Waals surface area contributed by atoms with E-state index >= 15 is 0 Å². The first-order chi connectivity index (χ1) is 13.2. The second-order valence-electron chi connectivity index (χ2n) is 6.92. The van der Waals surface area contributed by atoms with E-state index < -0.39 is 0 Å². The molecule has 0 spiro atoms. The molecule has 130 valence electrons. The van der Waals surface area contributed by atoms with E-state index in [4.69, 9.17) is 4.42 Å². The number of para-hydroxylation sites is 1. The molecular formula is C24H19N2O+. The normalized spacial score (nSPS) is 11.3. The van der Waals surface area contributed by atoms with Crippen LogP contribution in [0, 0.1) is 6.92 Å². The summed E-state index contributed by atoms with van der Waals surface area (Å²) in [5.74, 6) is 0. The van der Waals surface area contributed by atoms with Crippen molar-refractivity contribution in [2.24, 2.45) is 7.05 Å². The number of rotatable bonds is 2. The van der Waals surface area contributed by atoms with Crippen LogP contribution in [0.25, 0.3) is 44.3 Å². The summed E-state index contributed by atoms with van der Waals surface area (Å²) < 4.78 is 8.00. The van der Waals surface area contributed by atoms with E-state index in [2.05, 4.69) is 60.4 Å². The number of benzene rings is 3. The van der Waals surface area contributed by atoms with Gasteiger partial charge in [0, 0.05) is 22.4 Å². The van der Waals surface area contributed by atoms with Gasteiger partial charge in [-0.2, -0.15) is 0 Å². The highest BCUT2D eigenvalue weighted by atomic mass is 16.3. The van der Waals surface area contributed by atoms with Crippen molar-refractivity contribution < 1.29 is 8.98 Å². The summed E-state index contributed by atoms with van der Waals surface area (Å²) in [6.45, 7) is 2.16. The van der Waals surface area contributed by atoms with Gasteiger partial charge in [0.1, 0.15) is 23.1 Å². The molecule has 0 atom stereocenters. The molecule has 0 saturated carbocycles. The molecule has 0 amide bonds. The van der Waals surface area contributed by atoms with Gasteiger partial charge in [-0.1, -0.05) is 41.4 Å². The van der Waals surface area contributed by atoms with Gasteiger partial charge in [-0.25, -0.2) is 4.57 Å². The van der Waals surface area contributed by atoms with Crippen molar-refractivity contribution in [1.29, 1.82) is 0 Å². The van der Waals surface area contributed by atoms with Gasteiger partial charge in [0.2, 0.25) is 0 Å². The number of aryl methyl sites for hydroxylation is 2. The Kier molecular flexibility index (Phi) is 3.54. The van der Waals surface area contributed by atoms with E-state index in [-0.39, 0.29) is 0 Å². The summed E-state index contributed by atoms with van der Waals surface area (Å²) >= 11 is 0. The lowest BCUT2D eigenvalue weighted by Gasteiger charge is -2.09. The third-order valence-corrected chi connectivity index (χ3v) is 5.15. The van der Waals surface area contributed by atoms with Crippen molar-refractivity contribution in [2.45, 2.75) is 6.92 Å². The average Bonchev–Trinajstić information content (AvgIpc) is 3.06. The summed E-state index contributed by atoms with van der Waals surface area (Å²) in [6.07, 6.45) is 3.67. The lowest BCUT2D eigenvalue weighted by molar-refractivity contribution is -0.663. The molecule has 0 saturated heterocycles. The lowest BCUT2D eigenvalue weighted by Crippen LogP contribution is -2.31. The van der Waals surface area contributed by atoms with Gasteiger partial charge in [-0.05, 0) is 47.9 Å². The van der Waals surface area contributed by atoms with E-state index in [0.717, 1.165) is 27.6 Å². The minimum Gasteiger partial charge on any atom is -0.456 e. The third kappa shape index (κ3) is 2.59. The van der Waals surface area contributed by atoms with Gasteiger partial charge in [0.15, 0.2) is 0 Å². The molecule has 0 radical (unpaired) electrons. The highest BCUT2D eigenvalue weighted by molar-refractivity contribution is 6.06. The first-order valence-electron chi connectivity index (χ1n) is 9.03. The second kappa shape index (κ2) is 6.06. The van der Waals surface area contributed by atoms with E-state index in [0.29, 0.717) is 0 Å². The fourth-order valence-corrected chi connectivity index (χ4v) is 3.75. The van der Waals surface area contributed by atoms with Gasteiger partial charge >= 0.3 is 0 Å². The Labute approximate surface area is 157 Å². The Bertz CT molecular complexity index is 1300. The third-order valence-electron chi connectivity index (χ3n) is 5.15. The minimum absolute atomic E-state index is 0.928. The second-order valence-corrected chi connectivity index (χ2v) is 6.92. The van der Waals surface area contributed by atoms with E-state index in [1.54, 1.807) is 0 Å². The zero-order valence-corrected chi connectivity index (χ0v) is 15.3. The van der Waals surface area contributed by atoms with Gasteiger partial charge < -0.3 is 4.42 Å². The minimum atomic E-state index is 0.928. The van der Waals surface area contributed by atoms with Crippen molar-refractivity contribution in [2.75, 3.05) is 0 Å². The first kappa shape index (κ1) is 15.8. The van der Waals surface area contributed by atoms with Crippen LogP contribution in [0.3, 0.4) is 0 Å². The molecule has 0 fully saturated rings. The fourth-order valence-electron chi connectivity index (χ4n) is 3.75. The molecule has 5 aromatic rings. The molecule has 0 N–H and O–H groups in total. The summed E-state index contributed by atoms with van der Waals surface area (Å²) in [5.41, 5.74) is 7.89. The van der Waals surface area contributed by atoms with Gasteiger partial charge in [-0.3, -0.25) is 0 Å². The van der Waals surface area contributed by atoms with E-state index in [1.807, 2.05) is 42.3 Å². The molecule has 5 rings (SSSR count). The monoisotopic (exact) mass is 351 g/mol. The Hall–Kier alpha value is -3.46. The van der Waals surface area contributed by atoms with Crippen molar-refractivity contribution in [3.63, 3.8) is 0 Å². The number of hydrogen-bond acceptors (Lipinski definition) is 2. The summed E-state index contributed by atoms with van der Waals surface area (Å²) in [5, 5.41) is 2.32. The SMILES string of the molecule is Cc1cc(-c2ccc3oc4ccccc4c3c2)ccc1-c1ccnc[n+]1C. The zero-order chi connectivity index (χ0) is 18.4. The topological polar surface area (TPSA) is 29.9 Å². The molecule has 0 bridgehead atoms. The summed E-state index contributed by atoms with van der Waals surface area (Å²) in [7, 11) is 2.02. The molecular weight excluding hydrogens is 332 g/mol. The molecule has 3 heteroatoms. The zero-order valence-electron chi connectivity index (χ0n) is 15.3. The number of fused-ring (bicyclic) bond motifs is 3. The Balaban J connectivity index is 1.63. The van der Waals surface area contributed by atoms with Crippen molar-refractivity contribution >= 4 is 21.9 Å². The fraction of sp³-hybridized carbons (Fsp3) is 0.0833. The predicted molar refractivity (Wildman–Crippen MR) is 108 cm³/mol. The number of nitrogens with zero attached hydrogens (tertiary/aromatic N) is 2. The molecule has 0 unspecified atom stereocenters. The highest BCUT2D eigenvalue weighted by Gasteiger charge is 2.12. The number of aromatic nitrogens is 2. The van der Waals surface area contributed by atoms with Crippen LogP contribution in [0.15, 0.2) is 83.7 Å². The molecule has 2 aromatic heterocycles. The first-order valence-corrected chi connectivity index (χ1v) is 9.03. The van der Waals surface area contributed by atoms with Crippen LogP contribution < -0.4 is 4.57 Å². The Morgan fingerprint density at radius 3 is 2.44 bits per heavy atom. The lowest BCUT2D eigenvalue weighted by atomic mass is 9.97. The van der Waals surface area contributed by atoms with Crippen LogP contribution in [0.2, 0.25) is 0 Å². The van der Waals surface area contributed by atoms with E-state index in [1.165, 1.54) is 22.3 Å². The molecule has 0 aliphatic rings. The summed E-state index contributed by atoms with van der Waals surface area (Å²) in [6, 6.07) is 23.3. The molecule has 2 heterocycles. The smallest absolute Gasteiger partial charge is 0.286 e. The van der Waals surface area contributed by atoms with Crippen molar-refractivity contribution in [3.05, 3.63) is 84.8 Å². The molecule has 3 nitrogen and oxygen atoms in total. The van der Waals surface area contributed by atoms with Crippen molar-refractivity contribution in [3.8, 4) is 22.4 Å². The van der Waals surface area contributed by atoms with Gasteiger partial charge in [0.25, 0.3) is 6.33 Å². The largest absolute Gasteiger partial charge is 0.456 e. The number of furan rings is 1. The van der Waals surface area contributed by atoms with Crippen LogP contribution in [0.1, 0.15) is 5.56 Å². The molecule has 0 aliphatic heterocycles. The van der Waals surface area contributed by atoms with Crippen LogP contribution >= 0.6 is 0 Å². The van der Waals surface area contributed by atoms with Gasteiger partial charge in [0.05, 0.1) is 7.05 Å². The summed E-state index contributed by atoms with van der Waals surface area (Å²) in [4.78, 5) is 4.17. The maximum absolute atomic E-state index is 5.95. The number of hydrogen-bond donors (Lipinski definition) is 0. The maximum atomic E-state index is 5.95. The van der Waals surface area contributed by atoms with E-state index in [9.17, 15) is 0 Å². The Morgan fingerprint density at radius 1 is 0.815 bits per heavy atom. The highest BCUT2D eigenvalue weighted by Crippen LogP contribution is 2.33. The Morgan fingerprint density at radius 2 is 1.59 bits per heavy atom. The van der Waals surface area contributed by atoms with Crippen molar-refractivity contribution in [1.82, 2.24) is 4.98 Å². The molecule has 27 heavy (non-hydrogen) atoms. The standard InChI is InChI=1S/C24H19N2O/c1-16-13-17(7-9-19(16)22-11-12-25-15-26(22)2)18-8-10-24-21(14-18)20-5-3-4-6-23(20)27-24/h3-15H,1-2H3/q+1.